The molecule has 2 heterocycles. The second-order valence-electron chi connectivity index (χ2n) is 6.06. The molecule has 2 aromatic carbocycles. The lowest BCUT2D eigenvalue weighted by Gasteiger charge is -2.11. The van der Waals surface area contributed by atoms with Gasteiger partial charge in [-0.25, -0.2) is 4.98 Å². The van der Waals surface area contributed by atoms with E-state index in [-0.39, 0.29) is 12.0 Å². The minimum atomic E-state index is -0.208. The van der Waals surface area contributed by atoms with Crippen molar-refractivity contribution >= 4 is 44.2 Å². The van der Waals surface area contributed by atoms with Crippen LogP contribution in [0.4, 0.5) is 5.13 Å². The zero-order valence-electron chi connectivity index (χ0n) is 13.9. The SMILES string of the molecule is O=C(Nc1nc2ccc(Cl)cc2s1)c1ccc(OCC2CCCO2)cc1. The average Bonchev–Trinajstić information content (AvgIpc) is 3.29. The molecule has 4 rings (SSSR count). The molecule has 1 amide bonds. The molecule has 0 bridgehead atoms. The van der Waals surface area contributed by atoms with Gasteiger partial charge in [-0.2, -0.15) is 0 Å². The van der Waals surface area contributed by atoms with Crippen LogP contribution in [0.2, 0.25) is 5.02 Å². The number of hydrogen-bond donors (Lipinski definition) is 1. The third-order valence-electron chi connectivity index (χ3n) is 4.15. The highest BCUT2D eigenvalue weighted by Crippen LogP contribution is 2.28. The highest BCUT2D eigenvalue weighted by molar-refractivity contribution is 7.22. The van der Waals surface area contributed by atoms with Gasteiger partial charge in [-0.1, -0.05) is 22.9 Å². The Morgan fingerprint density at radius 3 is 2.92 bits per heavy atom. The van der Waals surface area contributed by atoms with E-state index < -0.39 is 0 Å². The number of aromatic nitrogens is 1. The summed E-state index contributed by atoms with van der Waals surface area (Å²) in [5.41, 5.74) is 1.36. The van der Waals surface area contributed by atoms with Crippen LogP contribution in [0.3, 0.4) is 0 Å². The maximum atomic E-state index is 12.4. The van der Waals surface area contributed by atoms with Crippen molar-refractivity contribution < 1.29 is 14.3 Å². The Labute approximate surface area is 159 Å². The fraction of sp³-hybridized carbons (Fsp3) is 0.263. The van der Waals surface area contributed by atoms with Crippen molar-refractivity contribution in [3.8, 4) is 5.75 Å². The second kappa shape index (κ2) is 7.61. The predicted molar refractivity (Wildman–Crippen MR) is 103 cm³/mol. The van der Waals surface area contributed by atoms with Crippen LogP contribution >= 0.6 is 22.9 Å². The van der Waals surface area contributed by atoms with E-state index in [0.29, 0.717) is 22.3 Å². The molecular formula is C19H17ClN2O3S. The summed E-state index contributed by atoms with van der Waals surface area (Å²) in [4.78, 5) is 16.8. The summed E-state index contributed by atoms with van der Waals surface area (Å²) in [5.74, 6) is 0.521. The molecule has 1 saturated heterocycles. The van der Waals surface area contributed by atoms with Gasteiger partial charge in [0.1, 0.15) is 12.4 Å². The number of ether oxygens (including phenoxy) is 2. The Balaban J connectivity index is 1.38. The van der Waals surface area contributed by atoms with Crippen LogP contribution in [0.5, 0.6) is 5.75 Å². The van der Waals surface area contributed by atoms with Crippen molar-refractivity contribution in [3.63, 3.8) is 0 Å². The number of hydrogen-bond acceptors (Lipinski definition) is 5. The summed E-state index contributed by atoms with van der Waals surface area (Å²) in [6.07, 6.45) is 2.30. The highest BCUT2D eigenvalue weighted by Gasteiger charge is 2.16. The number of nitrogens with one attached hydrogen (secondary N) is 1. The topological polar surface area (TPSA) is 60.5 Å². The van der Waals surface area contributed by atoms with Gasteiger partial charge in [0.2, 0.25) is 0 Å². The first-order valence-electron chi connectivity index (χ1n) is 8.39. The van der Waals surface area contributed by atoms with Crippen LogP contribution in [-0.4, -0.2) is 30.2 Å². The van der Waals surface area contributed by atoms with Gasteiger partial charge in [-0.3, -0.25) is 10.1 Å². The zero-order chi connectivity index (χ0) is 17.9. The van der Waals surface area contributed by atoms with E-state index in [4.69, 9.17) is 21.1 Å². The molecule has 1 aliphatic rings. The lowest BCUT2D eigenvalue weighted by Crippen LogP contribution is -2.16. The molecule has 3 aromatic rings. The summed E-state index contributed by atoms with van der Waals surface area (Å²) < 4.78 is 12.2. The van der Waals surface area contributed by atoms with Crippen molar-refractivity contribution in [1.82, 2.24) is 4.98 Å². The Bertz CT molecular complexity index is 920. The number of fused-ring (bicyclic) bond motifs is 1. The van der Waals surface area contributed by atoms with Crippen molar-refractivity contribution in [2.75, 3.05) is 18.5 Å². The van der Waals surface area contributed by atoms with E-state index in [9.17, 15) is 4.79 Å². The van der Waals surface area contributed by atoms with Crippen LogP contribution in [0.15, 0.2) is 42.5 Å². The van der Waals surface area contributed by atoms with Crippen molar-refractivity contribution in [2.45, 2.75) is 18.9 Å². The Hall–Kier alpha value is -2.15. The van der Waals surface area contributed by atoms with E-state index in [0.717, 1.165) is 35.4 Å². The normalized spacial score (nSPS) is 16.7. The molecule has 0 radical (unpaired) electrons. The fourth-order valence-electron chi connectivity index (χ4n) is 2.79. The van der Waals surface area contributed by atoms with Gasteiger partial charge in [0.05, 0.1) is 16.3 Å². The Kier molecular flexibility index (Phi) is 5.06. The summed E-state index contributed by atoms with van der Waals surface area (Å²) in [5, 5.41) is 4.03. The van der Waals surface area contributed by atoms with Gasteiger partial charge in [-0.05, 0) is 55.3 Å². The van der Waals surface area contributed by atoms with Gasteiger partial charge in [0.15, 0.2) is 5.13 Å². The number of benzene rings is 2. The quantitative estimate of drug-likeness (QED) is 0.684. The number of thiazole rings is 1. The summed E-state index contributed by atoms with van der Waals surface area (Å²) in [6, 6.07) is 12.5. The number of carbonyl (C=O) groups is 1. The van der Waals surface area contributed by atoms with Gasteiger partial charge in [0.25, 0.3) is 5.91 Å². The van der Waals surface area contributed by atoms with E-state index >= 15 is 0 Å². The average molecular weight is 389 g/mol. The first kappa shape index (κ1) is 17.3. The van der Waals surface area contributed by atoms with Crippen LogP contribution in [0, 0.1) is 0 Å². The molecule has 1 fully saturated rings. The van der Waals surface area contributed by atoms with Gasteiger partial charge < -0.3 is 9.47 Å². The van der Waals surface area contributed by atoms with Gasteiger partial charge >= 0.3 is 0 Å². The van der Waals surface area contributed by atoms with E-state index in [1.807, 2.05) is 12.1 Å². The minimum absolute atomic E-state index is 0.172. The molecule has 0 aliphatic carbocycles. The van der Waals surface area contributed by atoms with Crippen molar-refractivity contribution in [2.24, 2.45) is 0 Å². The monoisotopic (exact) mass is 388 g/mol. The van der Waals surface area contributed by atoms with E-state index in [2.05, 4.69) is 10.3 Å². The minimum Gasteiger partial charge on any atom is -0.491 e. The number of rotatable bonds is 5. The molecule has 26 heavy (non-hydrogen) atoms. The summed E-state index contributed by atoms with van der Waals surface area (Å²) in [7, 11) is 0. The first-order chi connectivity index (χ1) is 12.7. The molecule has 1 aliphatic heterocycles. The largest absolute Gasteiger partial charge is 0.491 e. The van der Waals surface area contributed by atoms with Crippen LogP contribution < -0.4 is 10.1 Å². The zero-order valence-corrected chi connectivity index (χ0v) is 15.5. The standard InChI is InChI=1S/C19H17ClN2O3S/c20-13-5-8-16-17(10-13)26-19(21-16)22-18(23)12-3-6-14(7-4-12)25-11-15-2-1-9-24-15/h3-8,10,15H,1-2,9,11H2,(H,21,22,23). The lowest BCUT2D eigenvalue weighted by atomic mass is 10.2. The number of amides is 1. The molecule has 0 saturated carbocycles. The third kappa shape index (κ3) is 3.98. The molecule has 1 atom stereocenters. The molecule has 7 heteroatoms. The Morgan fingerprint density at radius 2 is 2.15 bits per heavy atom. The molecular weight excluding hydrogens is 372 g/mol. The lowest BCUT2D eigenvalue weighted by molar-refractivity contribution is 0.0679. The molecule has 0 spiro atoms. The van der Waals surface area contributed by atoms with Crippen LogP contribution in [0.25, 0.3) is 10.2 Å². The maximum Gasteiger partial charge on any atom is 0.257 e. The first-order valence-corrected chi connectivity index (χ1v) is 9.59. The second-order valence-corrected chi connectivity index (χ2v) is 7.52. The maximum absolute atomic E-state index is 12.4. The van der Waals surface area contributed by atoms with Gasteiger partial charge in [-0.15, -0.1) is 0 Å². The summed E-state index contributed by atoms with van der Waals surface area (Å²) >= 11 is 7.38. The number of halogens is 1. The highest BCUT2D eigenvalue weighted by atomic mass is 35.5. The Morgan fingerprint density at radius 1 is 1.31 bits per heavy atom. The van der Waals surface area contributed by atoms with Crippen molar-refractivity contribution in [1.29, 1.82) is 0 Å². The van der Waals surface area contributed by atoms with Crippen molar-refractivity contribution in [3.05, 3.63) is 53.1 Å². The number of carbonyl (C=O) groups excluding carboxylic acids is 1. The van der Waals surface area contributed by atoms with E-state index in [1.54, 1.807) is 30.3 Å². The number of nitrogens with zero attached hydrogens (tertiary/aromatic N) is 1. The van der Waals surface area contributed by atoms with Crippen LogP contribution in [-0.2, 0) is 4.74 Å². The molecule has 1 aromatic heterocycles. The third-order valence-corrected chi connectivity index (χ3v) is 5.32. The fourth-order valence-corrected chi connectivity index (χ4v) is 3.93. The smallest absolute Gasteiger partial charge is 0.257 e. The molecule has 1 unspecified atom stereocenters. The summed E-state index contributed by atoms with van der Waals surface area (Å²) in [6.45, 7) is 1.35. The predicted octanol–water partition coefficient (Wildman–Crippen LogP) is 4.76. The van der Waals surface area contributed by atoms with E-state index in [1.165, 1.54) is 11.3 Å². The van der Waals surface area contributed by atoms with Crippen LogP contribution in [0.1, 0.15) is 23.2 Å². The molecule has 134 valence electrons. The number of anilines is 1. The van der Waals surface area contributed by atoms with Gasteiger partial charge in [0, 0.05) is 17.2 Å². The molecule has 5 nitrogen and oxygen atoms in total. The molecule has 1 N–H and O–H groups in total.